The van der Waals surface area contributed by atoms with Gasteiger partial charge in [0.25, 0.3) is 0 Å². The summed E-state index contributed by atoms with van der Waals surface area (Å²) in [5.41, 5.74) is 2.48. The molecule has 2 aliphatic heterocycles. The number of fused-ring (bicyclic) bond motifs is 3. The molecule has 3 aromatic carbocycles. The Morgan fingerprint density at radius 2 is 1.64 bits per heavy atom. The smallest absolute Gasteiger partial charge is 0.236 e. The number of ether oxygens (including phenoxy) is 2. The van der Waals surface area contributed by atoms with E-state index in [4.69, 9.17) is 26.5 Å². The van der Waals surface area contributed by atoms with E-state index in [0.29, 0.717) is 11.4 Å². The summed E-state index contributed by atoms with van der Waals surface area (Å²) < 4.78 is 12.2. The second-order valence-corrected chi connectivity index (χ2v) is 8.97. The SMILES string of the molecule is CO[C@]12C[C@@H](c3ccccc3)[C@](C#N)(C(=N)O1)[C@H](c1ccc(Cl)cc1)/C2=C\c1ccccc1. The van der Waals surface area contributed by atoms with Crippen LogP contribution in [0.1, 0.15) is 34.9 Å². The van der Waals surface area contributed by atoms with Crippen LogP contribution in [-0.2, 0) is 9.47 Å². The van der Waals surface area contributed by atoms with E-state index in [1.165, 1.54) is 0 Å². The third kappa shape index (κ3) is 3.28. The minimum absolute atomic E-state index is 0.0582. The number of nitrogens with one attached hydrogen (secondary N) is 1. The van der Waals surface area contributed by atoms with Gasteiger partial charge in [0.1, 0.15) is 0 Å². The molecule has 2 heterocycles. The first-order chi connectivity index (χ1) is 16.0. The Labute approximate surface area is 198 Å². The lowest BCUT2D eigenvalue weighted by molar-refractivity contribution is -0.197. The van der Waals surface area contributed by atoms with Gasteiger partial charge in [0.05, 0.1) is 6.07 Å². The number of nitriles is 1. The van der Waals surface area contributed by atoms with Gasteiger partial charge in [-0.1, -0.05) is 84.4 Å². The summed E-state index contributed by atoms with van der Waals surface area (Å²) in [7, 11) is 1.61. The van der Waals surface area contributed by atoms with Crippen LogP contribution in [0.2, 0.25) is 5.02 Å². The first-order valence-electron chi connectivity index (χ1n) is 10.9. The number of hydrogen-bond donors (Lipinski definition) is 1. The number of rotatable bonds is 4. The molecular formula is C28H23ClN2O2. The molecule has 2 saturated heterocycles. The van der Waals surface area contributed by atoms with Crippen molar-refractivity contribution < 1.29 is 9.47 Å². The van der Waals surface area contributed by atoms with Crippen molar-refractivity contribution >= 4 is 23.6 Å². The minimum Gasteiger partial charge on any atom is -0.444 e. The van der Waals surface area contributed by atoms with Crippen molar-refractivity contribution in [3.8, 4) is 6.07 Å². The molecule has 3 fully saturated rings. The summed E-state index contributed by atoms with van der Waals surface area (Å²) >= 11 is 6.20. The van der Waals surface area contributed by atoms with Crippen LogP contribution in [0.4, 0.5) is 0 Å². The van der Waals surface area contributed by atoms with Gasteiger partial charge >= 0.3 is 0 Å². The zero-order valence-electron chi connectivity index (χ0n) is 18.2. The third-order valence-electron chi connectivity index (χ3n) is 6.91. The molecule has 0 unspecified atom stereocenters. The quantitative estimate of drug-likeness (QED) is 0.485. The molecule has 0 aromatic heterocycles. The van der Waals surface area contributed by atoms with E-state index < -0.39 is 17.1 Å². The van der Waals surface area contributed by atoms with Gasteiger partial charge in [0.2, 0.25) is 11.7 Å². The van der Waals surface area contributed by atoms with Gasteiger partial charge in [0.15, 0.2) is 5.41 Å². The number of halogens is 1. The highest BCUT2D eigenvalue weighted by Crippen LogP contribution is 2.66. The number of hydrogen-bond acceptors (Lipinski definition) is 4. The summed E-state index contributed by atoms with van der Waals surface area (Å²) in [6.45, 7) is 0. The van der Waals surface area contributed by atoms with Gasteiger partial charge in [-0.2, -0.15) is 5.26 Å². The lowest BCUT2D eigenvalue weighted by Crippen LogP contribution is -2.63. The molecule has 3 aliphatic rings. The molecule has 2 bridgehead atoms. The Morgan fingerprint density at radius 1 is 1.00 bits per heavy atom. The van der Waals surface area contributed by atoms with E-state index in [-0.39, 0.29) is 11.8 Å². The van der Waals surface area contributed by atoms with Gasteiger partial charge in [-0.3, -0.25) is 5.41 Å². The third-order valence-corrected chi connectivity index (χ3v) is 7.17. The van der Waals surface area contributed by atoms with Crippen LogP contribution in [-0.4, -0.2) is 18.8 Å². The molecule has 0 radical (unpaired) electrons. The molecule has 0 spiro atoms. The Bertz CT molecular complexity index is 1250. The maximum atomic E-state index is 10.7. The molecule has 1 aliphatic carbocycles. The zero-order chi connectivity index (χ0) is 23.1. The highest BCUT2D eigenvalue weighted by atomic mass is 35.5. The Kier molecular flexibility index (Phi) is 5.32. The summed E-state index contributed by atoms with van der Waals surface area (Å²) in [5.74, 6) is -1.94. The summed E-state index contributed by atoms with van der Waals surface area (Å²) in [4.78, 5) is 0. The minimum atomic E-state index is -1.23. The maximum Gasteiger partial charge on any atom is 0.236 e. The molecule has 1 N–H and O–H groups in total. The van der Waals surface area contributed by atoms with E-state index in [9.17, 15) is 5.26 Å². The Morgan fingerprint density at radius 3 is 2.24 bits per heavy atom. The van der Waals surface area contributed by atoms with Crippen LogP contribution in [0.15, 0.2) is 90.5 Å². The standard InChI is InChI=1S/C28H23ClN2O2/c1-32-28-17-24(20-10-6-3-7-11-20)27(18-30,26(31)33-28)25(21-12-14-22(29)15-13-21)23(28)16-19-8-4-2-5-9-19/h2-16,24-25,31H,17H2,1H3/b23-16+,31-26?/t24-,25+,27-,28+/m0/s1. The van der Waals surface area contributed by atoms with Gasteiger partial charge in [-0.05, 0) is 34.9 Å². The fraction of sp³-hybridized carbons (Fsp3) is 0.214. The van der Waals surface area contributed by atoms with Crippen LogP contribution in [0.25, 0.3) is 6.08 Å². The van der Waals surface area contributed by atoms with Crippen molar-refractivity contribution in [1.29, 1.82) is 10.7 Å². The van der Waals surface area contributed by atoms with Crippen LogP contribution >= 0.6 is 11.6 Å². The number of benzene rings is 3. The van der Waals surface area contributed by atoms with Crippen molar-refractivity contribution in [2.45, 2.75) is 24.0 Å². The molecular weight excluding hydrogens is 432 g/mol. The summed E-state index contributed by atoms with van der Waals surface area (Å²) in [6, 6.07) is 29.9. The van der Waals surface area contributed by atoms with Crippen molar-refractivity contribution in [2.75, 3.05) is 7.11 Å². The Hall–Kier alpha value is -3.39. The van der Waals surface area contributed by atoms with E-state index in [0.717, 1.165) is 22.3 Å². The first kappa shape index (κ1) is 21.5. The molecule has 5 heteroatoms. The molecule has 1 saturated carbocycles. The molecule has 3 aromatic rings. The predicted molar refractivity (Wildman–Crippen MR) is 129 cm³/mol. The van der Waals surface area contributed by atoms with Crippen molar-refractivity contribution in [3.63, 3.8) is 0 Å². The second kappa shape index (κ2) is 8.19. The largest absolute Gasteiger partial charge is 0.444 e. The maximum absolute atomic E-state index is 10.7. The fourth-order valence-corrected chi connectivity index (χ4v) is 5.50. The van der Waals surface area contributed by atoms with Crippen LogP contribution < -0.4 is 0 Å². The monoisotopic (exact) mass is 454 g/mol. The van der Waals surface area contributed by atoms with Gasteiger partial charge in [-0.15, -0.1) is 0 Å². The molecule has 0 amide bonds. The second-order valence-electron chi connectivity index (χ2n) is 8.53. The molecule has 33 heavy (non-hydrogen) atoms. The fourth-order valence-electron chi connectivity index (χ4n) is 5.38. The van der Waals surface area contributed by atoms with Crippen molar-refractivity contribution in [1.82, 2.24) is 0 Å². The zero-order valence-corrected chi connectivity index (χ0v) is 18.9. The highest BCUT2D eigenvalue weighted by Gasteiger charge is 2.69. The van der Waals surface area contributed by atoms with Gasteiger partial charge in [0, 0.05) is 36.0 Å². The lowest BCUT2D eigenvalue weighted by atomic mass is 9.51. The van der Waals surface area contributed by atoms with Crippen molar-refractivity contribution in [2.24, 2.45) is 5.41 Å². The average molecular weight is 455 g/mol. The lowest BCUT2D eigenvalue weighted by Gasteiger charge is -2.58. The van der Waals surface area contributed by atoms with E-state index in [1.807, 2.05) is 91.0 Å². The average Bonchev–Trinajstić information content (AvgIpc) is 2.86. The van der Waals surface area contributed by atoms with E-state index in [1.54, 1.807) is 7.11 Å². The predicted octanol–water partition coefficient (Wildman–Crippen LogP) is 6.55. The van der Waals surface area contributed by atoms with E-state index >= 15 is 0 Å². The molecule has 164 valence electrons. The highest BCUT2D eigenvalue weighted by molar-refractivity contribution is 6.30. The molecule has 4 atom stereocenters. The van der Waals surface area contributed by atoms with Crippen LogP contribution in [0, 0.1) is 22.2 Å². The van der Waals surface area contributed by atoms with Crippen molar-refractivity contribution in [3.05, 3.63) is 112 Å². The van der Waals surface area contributed by atoms with Crippen LogP contribution in [0.3, 0.4) is 0 Å². The molecule has 4 nitrogen and oxygen atoms in total. The van der Waals surface area contributed by atoms with Crippen LogP contribution in [0.5, 0.6) is 0 Å². The van der Waals surface area contributed by atoms with Gasteiger partial charge < -0.3 is 9.47 Å². The first-order valence-corrected chi connectivity index (χ1v) is 11.2. The van der Waals surface area contributed by atoms with E-state index in [2.05, 4.69) is 6.07 Å². The summed E-state index contributed by atoms with van der Waals surface area (Å²) in [6.07, 6.45) is 2.48. The summed E-state index contributed by atoms with van der Waals surface area (Å²) in [5, 5.41) is 20.3. The normalized spacial score (nSPS) is 29.5. The number of nitrogens with zero attached hydrogens (tertiary/aromatic N) is 1. The van der Waals surface area contributed by atoms with Gasteiger partial charge in [-0.25, -0.2) is 0 Å². The number of methoxy groups -OCH3 is 1. The topological polar surface area (TPSA) is 66.1 Å². The molecule has 6 rings (SSSR count). The Balaban J connectivity index is 1.81.